The minimum absolute atomic E-state index is 1.13. The van der Waals surface area contributed by atoms with Crippen LogP contribution in [0, 0.1) is 0 Å². The maximum atomic E-state index is 3.67. The van der Waals surface area contributed by atoms with Crippen LogP contribution in [0.1, 0.15) is 25.7 Å². The lowest BCUT2D eigenvalue weighted by Gasteiger charge is -1.90. The van der Waals surface area contributed by atoms with Gasteiger partial charge in [-0.1, -0.05) is 24.8 Å². The first kappa shape index (κ1) is 10.0. The van der Waals surface area contributed by atoms with Crippen LogP contribution >= 0.6 is 0 Å². The van der Waals surface area contributed by atoms with E-state index < -0.39 is 0 Å². The van der Waals surface area contributed by atoms with Crippen LogP contribution in [-0.2, 0) is 0 Å². The maximum Gasteiger partial charge on any atom is -0.0209 e. The largest absolute Gasteiger partial charge is 0.129 e. The monoisotopic (exact) mass is 148 g/mol. The fourth-order valence-electron chi connectivity index (χ4n) is 0.783. The number of hydrogen-bond acceptors (Lipinski definition) is 0. The minimum Gasteiger partial charge on any atom is -0.129 e. The quantitative estimate of drug-likeness (QED) is 0.233. The van der Waals surface area contributed by atoms with E-state index in [-0.39, 0.29) is 0 Å². The summed E-state index contributed by atoms with van der Waals surface area (Å²) in [5, 5.41) is 0. The predicted molar refractivity (Wildman–Crippen MR) is 51.5 cm³/mol. The average Bonchev–Trinajstić information content (AvgIpc) is 2.03. The normalized spacial score (nSPS) is 9.45. The Hall–Kier alpha value is -1.00. The lowest BCUT2D eigenvalue weighted by Crippen LogP contribution is -1.70. The van der Waals surface area contributed by atoms with Gasteiger partial charge in [0.15, 0.2) is 0 Å². The third kappa shape index (κ3) is 9.00. The van der Waals surface area contributed by atoms with Gasteiger partial charge >= 0.3 is 0 Å². The highest BCUT2D eigenvalue weighted by Crippen LogP contribution is 2.00. The molecule has 0 aromatic carbocycles. The summed E-state index contributed by atoms with van der Waals surface area (Å²) in [5.74, 6) is 0. The van der Waals surface area contributed by atoms with Gasteiger partial charge in [0.1, 0.15) is 0 Å². The van der Waals surface area contributed by atoms with Crippen molar-refractivity contribution in [3.8, 4) is 0 Å². The van der Waals surface area contributed by atoms with Crippen molar-refractivity contribution >= 4 is 0 Å². The zero-order valence-corrected chi connectivity index (χ0v) is 7.05. The molecule has 0 aliphatic rings. The van der Waals surface area contributed by atoms with E-state index in [0.717, 1.165) is 12.8 Å². The van der Waals surface area contributed by atoms with Crippen molar-refractivity contribution in [3.05, 3.63) is 43.2 Å². The van der Waals surface area contributed by atoms with E-state index in [9.17, 15) is 0 Å². The number of unbranched alkanes of at least 4 members (excludes halogenated alkanes) is 3. The molecule has 11 heavy (non-hydrogen) atoms. The van der Waals surface area contributed by atoms with Crippen LogP contribution in [-0.4, -0.2) is 0 Å². The number of rotatable bonds is 6. The first-order valence-electron chi connectivity index (χ1n) is 4.03. The Bertz CT molecular complexity index is 157. The van der Waals surface area contributed by atoms with Crippen molar-refractivity contribution < 1.29 is 0 Å². The molecule has 0 N–H and O–H groups in total. The molecule has 0 heterocycles. The van der Waals surface area contributed by atoms with Crippen LogP contribution in [0.15, 0.2) is 43.2 Å². The van der Waals surface area contributed by atoms with E-state index in [1.807, 2.05) is 18.2 Å². The molecule has 0 bridgehead atoms. The molecule has 0 spiro atoms. The maximum absolute atomic E-state index is 3.67. The number of allylic oxidation sites excluding steroid dienone is 4. The van der Waals surface area contributed by atoms with Gasteiger partial charge < -0.3 is 0 Å². The third-order valence-electron chi connectivity index (χ3n) is 1.38. The molecule has 0 aromatic rings. The Morgan fingerprint density at radius 2 is 1.91 bits per heavy atom. The summed E-state index contributed by atoms with van der Waals surface area (Å²) in [7, 11) is 0. The van der Waals surface area contributed by atoms with Gasteiger partial charge in [-0.15, -0.1) is 12.3 Å². The van der Waals surface area contributed by atoms with Crippen LogP contribution in [0.4, 0.5) is 0 Å². The topological polar surface area (TPSA) is 0 Å². The van der Waals surface area contributed by atoms with Gasteiger partial charge in [-0.25, -0.2) is 0 Å². The summed E-state index contributed by atoms with van der Waals surface area (Å²) in [4.78, 5) is 0. The van der Waals surface area contributed by atoms with Crippen molar-refractivity contribution in [2.75, 3.05) is 0 Å². The van der Waals surface area contributed by atoms with Crippen molar-refractivity contribution in [1.82, 2.24) is 0 Å². The van der Waals surface area contributed by atoms with Gasteiger partial charge in [-0.3, -0.25) is 0 Å². The Balaban J connectivity index is 3.13. The molecule has 0 nitrogen and oxygen atoms in total. The third-order valence-corrected chi connectivity index (χ3v) is 1.38. The zero-order valence-electron chi connectivity index (χ0n) is 7.05. The molecule has 60 valence electrons. The summed E-state index contributed by atoms with van der Waals surface area (Å²) >= 11 is 0. The fraction of sp³-hybridized carbons (Fsp3) is 0.364. The molecule has 0 fully saturated rings. The SMILES string of the molecule is C=C=CC=CCCCCC=C. The molecule has 0 saturated heterocycles. The van der Waals surface area contributed by atoms with Crippen molar-refractivity contribution in [3.63, 3.8) is 0 Å². The van der Waals surface area contributed by atoms with Crippen molar-refractivity contribution in [2.45, 2.75) is 25.7 Å². The van der Waals surface area contributed by atoms with Gasteiger partial charge in [-0.05, 0) is 31.8 Å². The van der Waals surface area contributed by atoms with E-state index in [0.29, 0.717) is 0 Å². The molecule has 0 aliphatic heterocycles. The van der Waals surface area contributed by atoms with E-state index in [1.54, 1.807) is 0 Å². The molecular formula is C11H16. The molecule has 0 heteroatoms. The zero-order chi connectivity index (χ0) is 8.36. The van der Waals surface area contributed by atoms with Gasteiger partial charge in [0.2, 0.25) is 0 Å². The van der Waals surface area contributed by atoms with Crippen molar-refractivity contribution in [2.24, 2.45) is 0 Å². The molecule has 0 aromatic heterocycles. The minimum atomic E-state index is 1.13. The molecule has 0 atom stereocenters. The Kier molecular flexibility index (Phi) is 8.18. The molecule has 0 aliphatic carbocycles. The number of hydrogen-bond donors (Lipinski definition) is 0. The summed E-state index contributed by atoms with van der Waals surface area (Å²) in [5.41, 5.74) is 2.69. The van der Waals surface area contributed by atoms with E-state index in [1.165, 1.54) is 12.8 Å². The Morgan fingerprint density at radius 3 is 2.55 bits per heavy atom. The van der Waals surface area contributed by atoms with Gasteiger partial charge in [0, 0.05) is 0 Å². The lowest BCUT2D eigenvalue weighted by molar-refractivity contribution is 0.763. The van der Waals surface area contributed by atoms with E-state index in [4.69, 9.17) is 0 Å². The molecule has 0 unspecified atom stereocenters. The second-order valence-electron chi connectivity index (χ2n) is 2.37. The summed E-state index contributed by atoms with van der Waals surface area (Å²) in [6.07, 6.45) is 12.7. The first-order valence-corrected chi connectivity index (χ1v) is 4.03. The molecule has 0 rings (SSSR count). The van der Waals surface area contributed by atoms with Crippen molar-refractivity contribution in [1.29, 1.82) is 0 Å². The lowest BCUT2D eigenvalue weighted by atomic mass is 10.2. The summed E-state index contributed by atoms with van der Waals surface area (Å²) < 4.78 is 0. The van der Waals surface area contributed by atoms with Crippen LogP contribution in [0.5, 0.6) is 0 Å². The van der Waals surface area contributed by atoms with Gasteiger partial charge in [-0.2, -0.15) is 0 Å². The van der Waals surface area contributed by atoms with Crippen LogP contribution in [0.25, 0.3) is 0 Å². The average molecular weight is 148 g/mol. The van der Waals surface area contributed by atoms with Crippen LogP contribution in [0.2, 0.25) is 0 Å². The Morgan fingerprint density at radius 1 is 1.18 bits per heavy atom. The second kappa shape index (κ2) is 9.00. The standard InChI is InChI=1S/C11H16/c1-3-5-7-9-11-10-8-6-4-2/h3,6,8,10H,1-2,5,7,9,11H2. The highest BCUT2D eigenvalue weighted by atomic mass is 13.9. The molecule has 0 amide bonds. The van der Waals surface area contributed by atoms with E-state index in [2.05, 4.69) is 25.0 Å². The molecule has 0 saturated carbocycles. The first-order chi connectivity index (χ1) is 5.41. The molecular weight excluding hydrogens is 132 g/mol. The second-order valence-corrected chi connectivity index (χ2v) is 2.37. The van der Waals surface area contributed by atoms with E-state index >= 15 is 0 Å². The van der Waals surface area contributed by atoms with Crippen LogP contribution < -0.4 is 0 Å². The molecule has 0 radical (unpaired) electrons. The Labute approximate surface area is 69.6 Å². The highest BCUT2D eigenvalue weighted by Gasteiger charge is 1.80. The summed E-state index contributed by atoms with van der Waals surface area (Å²) in [6, 6.07) is 0. The summed E-state index contributed by atoms with van der Waals surface area (Å²) in [6.45, 7) is 7.13. The van der Waals surface area contributed by atoms with Crippen LogP contribution in [0.3, 0.4) is 0 Å². The van der Waals surface area contributed by atoms with Gasteiger partial charge in [0.05, 0.1) is 0 Å². The van der Waals surface area contributed by atoms with Gasteiger partial charge in [0.25, 0.3) is 0 Å². The highest BCUT2D eigenvalue weighted by molar-refractivity contribution is 4.99. The fourth-order valence-corrected chi connectivity index (χ4v) is 0.783. The smallest absolute Gasteiger partial charge is 0.0209 e. The predicted octanol–water partition coefficient (Wildman–Crippen LogP) is 3.63.